The van der Waals surface area contributed by atoms with Crippen LogP contribution in [0.2, 0.25) is 0 Å². The molecule has 0 aromatic heterocycles. The van der Waals surface area contributed by atoms with Gasteiger partial charge in [-0.25, -0.2) is 0 Å². The third kappa shape index (κ3) is 3.85. The number of nitrogens with one attached hydrogen (secondary N) is 1. The number of hydrogen-bond donors (Lipinski definition) is 1. The summed E-state index contributed by atoms with van der Waals surface area (Å²) in [6.45, 7) is 5.92. The first kappa shape index (κ1) is 16.0. The van der Waals surface area contributed by atoms with Gasteiger partial charge in [0, 0.05) is 12.5 Å². The summed E-state index contributed by atoms with van der Waals surface area (Å²) in [4.78, 5) is 23.5. The molecule has 1 amide bonds. The summed E-state index contributed by atoms with van der Waals surface area (Å²) >= 11 is 0. The largest absolute Gasteiger partial charge is 0.426 e. The van der Waals surface area contributed by atoms with Gasteiger partial charge in [0.15, 0.2) is 0 Å². The maximum atomic E-state index is 11.9. The Morgan fingerprint density at radius 3 is 2.45 bits per heavy atom. The first-order valence-electron chi connectivity index (χ1n) is 7.42. The minimum atomic E-state index is -0.389. The standard InChI is InChI=1S/C17H20N2O3/c1-10-8-14(10)17(21)19-5-4-15(20)22-16-11(2)6-13(9-18)7-12(16)3/h6-7,10,14H,4-5,8H2,1-3H3,(H,19,21)/t10-,14+/m0/s1. The number of amides is 1. The fourth-order valence-corrected chi connectivity index (χ4v) is 2.45. The number of ether oxygens (including phenoxy) is 1. The number of carbonyl (C=O) groups is 2. The fraction of sp³-hybridized carbons (Fsp3) is 0.471. The maximum Gasteiger partial charge on any atom is 0.312 e. The normalized spacial score (nSPS) is 19.2. The smallest absolute Gasteiger partial charge is 0.312 e. The van der Waals surface area contributed by atoms with Crippen LogP contribution in [0.1, 0.15) is 36.5 Å². The van der Waals surface area contributed by atoms with E-state index in [0.29, 0.717) is 17.2 Å². The summed E-state index contributed by atoms with van der Waals surface area (Å²) in [7, 11) is 0. The van der Waals surface area contributed by atoms with Gasteiger partial charge in [-0.05, 0) is 49.4 Å². The van der Waals surface area contributed by atoms with E-state index in [-0.39, 0.29) is 30.8 Å². The Morgan fingerprint density at radius 1 is 1.36 bits per heavy atom. The van der Waals surface area contributed by atoms with Gasteiger partial charge in [0.2, 0.25) is 5.91 Å². The van der Waals surface area contributed by atoms with E-state index in [1.165, 1.54) is 0 Å². The molecule has 1 fully saturated rings. The first-order chi connectivity index (χ1) is 10.4. The zero-order chi connectivity index (χ0) is 16.3. The van der Waals surface area contributed by atoms with Crippen molar-refractivity contribution in [2.24, 2.45) is 11.8 Å². The Labute approximate surface area is 130 Å². The molecule has 0 unspecified atom stereocenters. The van der Waals surface area contributed by atoms with Crippen LogP contribution in [-0.2, 0) is 9.59 Å². The Morgan fingerprint density at radius 2 is 1.95 bits per heavy atom. The summed E-state index contributed by atoms with van der Waals surface area (Å²) in [5, 5.41) is 11.7. The molecule has 0 aliphatic heterocycles. The Hall–Kier alpha value is -2.35. The molecule has 2 atom stereocenters. The minimum absolute atomic E-state index is 0.0195. The SMILES string of the molecule is Cc1cc(C#N)cc(C)c1OC(=O)CCNC(=O)[C@@H]1C[C@@H]1C. The molecule has 1 aromatic rings. The topological polar surface area (TPSA) is 79.2 Å². The van der Waals surface area contributed by atoms with E-state index >= 15 is 0 Å². The summed E-state index contributed by atoms with van der Waals surface area (Å²) in [5.41, 5.74) is 2.04. The number of benzene rings is 1. The van der Waals surface area contributed by atoms with Gasteiger partial charge in [0.05, 0.1) is 18.1 Å². The summed E-state index contributed by atoms with van der Waals surface area (Å²) in [5.74, 6) is 0.687. The second-order valence-electron chi connectivity index (χ2n) is 5.89. The van der Waals surface area contributed by atoms with Gasteiger partial charge in [-0.1, -0.05) is 6.92 Å². The van der Waals surface area contributed by atoms with Gasteiger partial charge in [0.25, 0.3) is 0 Å². The van der Waals surface area contributed by atoms with Crippen molar-refractivity contribution in [3.63, 3.8) is 0 Å². The molecule has 0 bridgehead atoms. The molecular weight excluding hydrogens is 280 g/mol. The molecule has 1 aliphatic carbocycles. The molecule has 0 saturated heterocycles. The first-order valence-corrected chi connectivity index (χ1v) is 7.42. The van der Waals surface area contributed by atoms with Gasteiger partial charge in [-0.15, -0.1) is 0 Å². The maximum absolute atomic E-state index is 11.9. The van der Waals surface area contributed by atoms with Crippen molar-refractivity contribution in [3.05, 3.63) is 28.8 Å². The molecule has 1 N–H and O–H groups in total. The zero-order valence-electron chi connectivity index (χ0n) is 13.1. The molecule has 0 heterocycles. The Kier molecular flexibility index (Phi) is 4.81. The number of aryl methyl sites for hydroxylation is 2. The van der Waals surface area contributed by atoms with Crippen LogP contribution in [0.5, 0.6) is 5.75 Å². The Bertz CT molecular complexity index is 623. The quantitative estimate of drug-likeness (QED) is 0.668. The van der Waals surface area contributed by atoms with Crippen LogP contribution >= 0.6 is 0 Å². The summed E-state index contributed by atoms with van der Waals surface area (Å²) in [6, 6.07) is 5.44. The van der Waals surface area contributed by atoms with Crippen LogP contribution in [0.25, 0.3) is 0 Å². The van der Waals surface area contributed by atoms with E-state index in [0.717, 1.165) is 17.5 Å². The van der Waals surface area contributed by atoms with Crippen molar-refractivity contribution in [3.8, 4) is 11.8 Å². The molecular formula is C17H20N2O3. The molecule has 5 nitrogen and oxygen atoms in total. The van der Waals surface area contributed by atoms with E-state index in [1.807, 2.05) is 6.92 Å². The lowest BCUT2D eigenvalue weighted by Gasteiger charge is -2.11. The highest BCUT2D eigenvalue weighted by atomic mass is 16.5. The third-order valence-electron chi connectivity index (χ3n) is 3.88. The van der Waals surface area contributed by atoms with Crippen LogP contribution in [0, 0.1) is 37.0 Å². The molecule has 0 radical (unpaired) electrons. The summed E-state index contributed by atoms with van der Waals surface area (Å²) in [6.07, 6.45) is 1.06. The lowest BCUT2D eigenvalue weighted by molar-refractivity contribution is -0.134. The van der Waals surface area contributed by atoms with E-state index in [2.05, 4.69) is 11.4 Å². The van der Waals surface area contributed by atoms with Crippen LogP contribution < -0.4 is 10.1 Å². The average molecular weight is 300 g/mol. The van der Waals surface area contributed by atoms with Gasteiger partial charge < -0.3 is 10.1 Å². The highest BCUT2D eigenvalue weighted by Crippen LogP contribution is 2.37. The molecule has 0 spiro atoms. The van der Waals surface area contributed by atoms with Crippen molar-refractivity contribution < 1.29 is 14.3 Å². The number of rotatable bonds is 5. The zero-order valence-corrected chi connectivity index (χ0v) is 13.1. The third-order valence-corrected chi connectivity index (χ3v) is 3.88. The molecule has 1 aromatic carbocycles. The summed E-state index contributed by atoms with van der Waals surface area (Å²) < 4.78 is 5.35. The van der Waals surface area contributed by atoms with Gasteiger partial charge in [0.1, 0.15) is 5.75 Å². The number of hydrogen-bond acceptors (Lipinski definition) is 4. The molecule has 116 valence electrons. The van der Waals surface area contributed by atoms with E-state index < -0.39 is 0 Å². The fourth-order valence-electron chi connectivity index (χ4n) is 2.45. The minimum Gasteiger partial charge on any atom is -0.426 e. The monoisotopic (exact) mass is 300 g/mol. The highest BCUT2D eigenvalue weighted by Gasteiger charge is 2.38. The van der Waals surface area contributed by atoms with Crippen molar-refractivity contribution >= 4 is 11.9 Å². The van der Waals surface area contributed by atoms with E-state index in [1.54, 1.807) is 26.0 Å². The van der Waals surface area contributed by atoms with E-state index in [9.17, 15) is 9.59 Å². The van der Waals surface area contributed by atoms with Crippen LogP contribution in [0.15, 0.2) is 12.1 Å². The second kappa shape index (κ2) is 6.61. The lowest BCUT2D eigenvalue weighted by atomic mass is 10.1. The molecule has 2 rings (SSSR count). The predicted octanol–water partition coefficient (Wildman–Crippen LogP) is 2.24. The van der Waals surface area contributed by atoms with Crippen LogP contribution in [0.4, 0.5) is 0 Å². The number of nitriles is 1. The molecule has 1 saturated carbocycles. The van der Waals surface area contributed by atoms with Crippen molar-refractivity contribution in [2.75, 3.05) is 6.54 Å². The number of esters is 1. The lowest BCUT2D eigenvalue weighted by Crippen LogP contribution is -2.28. The van der Waals surface area contributed by atoms with E-state index in [4.69, 9.17) is 10.00 Å². The second-order valence-corrected chi connectivity index (χ2v) is 5.89. The Balaban J connectivity index is 1.84. The number of nitrogens with zero attached hydrogens (tertiary/aromatic N) is 1. The van der Waals surface area contributed by atoms with Crippen LogP contribution in [-0.4, -0.2) is 18.4 Å². The van der Waals surface area contributed by atoms with Gasteiger partial charge in [-0.2, -0.15) is 5.26 Å². The van der Waals surface area contributed by atoms with Crippen molar-refractivity contribution in [2.45, 2.75) is 33.6 Å². The van der Waals surface area contributed by atoms with Crippen molar-refractivity contribution in [1.82, 2.24) is 5.32 Å². The van der Waals surface area contributed by atoms with Crippen molar-refractivity contribution in [1.29, 1.82) is 5.26 Å². The highest BCUT2D eigenvalue weighted by molar-refractivity contribution is 5.82. The van der Waals surface area contributed by atoms with Crippen LogP contribution in [0.3, 0.4) is 0 Å². The van der Waals surface area contributed by atoms with Gasteiger partial charge >= 0.3 is 5.97 Å². The predicted molar refractivity (Wildman–Crippen MR) is 81.2 cm³/mol. The average Bonchev–Trinajstić information content (AvgIpc) is 3.19. The van der Waals surface area contributed by atoms with Gasteiger partial charge in [-0.3, -0.25) is 9.59 Å². The molecule has 1 aliphatic rings. The molecule has 5 heteroatoms. The number of carbonyl (C=O) groups excluding carboxylic acids is 2. The molecule has 22 heavy (non-hydrogen) atoms.